The Morgan fingerprint density at radius 2 is 1.67 bits per heavy atom. The number of rotatable bonds is 17. The Bertz CT molecular complexity index is 1290. The number of nitrogens with one attached hydrogen (secondary N) is 4. The number of unbranched alkanes of at least 4 members (excludes halogenated alkanes) is 4. The van der Waals surface area contributed by atoms with Crippen LogP contribution < -0.4 is 31.2 Å². The predicted octanol–water partition coefficient (Wildman–Crippen LogP) is 6.21. The fourth-order valence-electron chi connectivity index (χ4n) is 5.34. The number of halogens is 1. The lowest BCUT2D eigenvalue weighted by atomic mass is 10.0. The summed E-state index contributed by atoms with van der Waals surface area (Å²) in [4.78, 5) is 23.1. The summed E-state index contributed by atoms with van der Waals surface area (Å²) in [5, 5.41) is 20.1. The van der Waals surface area contributed by atoms with Crippen molar-refractivity contribution in [3.05, 3.63) is 39.0 Å². The summed E-state index contributed by atoms with van der Waals surface area (Å²) in [6.07, 6.45) is 10.5. The number of ether oxygens (including phenoxy) is 2. The van der Waals surface area contributed by atoms with Gasteiger partial charge in [0.2, 0.25) is 5.91 Å². The summed E-state index contributed by atoms with van der Waals surface area (Å²) >= 11 is 4.17. The van der Waals surface area contributed by atoms with Crippen molar-refractivity contribution in [3.63, 3.8) is 0 Å². The maximum atomic E-state index is 12.1. The number of thioether (sulfide) groups is 1. The zero-order valence-corrected chi connectivity index (χ0v) is 28.5. The van der Waals surface area contributed by atoms with Gasteiger partial charge < -0.3 is 31.2 Å². The highest BCUT2D eigenvalue weighted by molar-refractivity contribution is 14.1. The molecule has 0 saturated carbocycles. The molecule has 43 heavy (non-hydrogen) atoms. The second kappa shape index (κ2) is 18.2. The molecule has 9 nitrogen and oxygen atoms in total. The second-order valence-electron chi connectivity index (χ2n) is 10.9. The van der Waals surface area contributed by atoms with E-state index in [-0.39, 0.29) is 11.9 Å². The Morgan fingerprint density at radius 3 is 2.33 bits per heavy atom. The van der Waals surface area contributed by atoms with Crippen LogP contribution in [0.15, 0.2) is 29.8 Å². The van der Waals surface area contributed by atoms with Crippen LogP contribution in [0.1, 0.15) is 70.3 Å². The molecule has 3 amide bonds. The molecule has 1 aliphatic heterocycles. The highest BCUT2D eigenvalue weighted by atomic mass is 127. The number of amidine groups is 1. The number of amides is 3. The lowest BCUT2D eigenvalue weighted by Crippen LogP contribution is -2.38. The van der Waals surface area contributed by atoms with Gasteiger partial charge in [-0.1, -0.05) is 43.5 Å². The molecule has 0 bridgehead atoms. The molecule has 236 valence electrons. The van der Waals surface area contributed by atoms with Crippen molar-refractivity contribution in [2.75, 3.05) is 33.1 Å². The molecule has 1 fully saturated rings. The maximum absolute atomic E-state index is 12.1. The SMILES string of the molecule is COc1c(I)c(/C=C(\C)C(=N)NCCCCCCNC(=O)CCCCC2CC(NC(N)=O)CS2)c(OC)c2ccccc12. The number of benzene rings is 2. The van der Waals surface area contributed by atoms with Crippen LogP contribution >= 0.6 is 34.4 Å². The molecular weight excluding hydrogens is 677 g/mol. The van der Waals surface area contributed by atoms with Gasteiger partial charge in [0.1, 0.15) is 17.3 Å². The monoisotopic (exact) mass is 723 g/mol. The second-order valence-corrected chi connectivity index (χ2v) is 13.3. The first kappa shape index (κ1) is 34.8. The van der Waals surface area contributed by atoms with E-state index < -0.39 is 6.03 Å². The van der Waals surface area contributed by atoms with Crippen molar-refractivity contribution in [1.82, 2.24) is 16.0 Å². The number of nitrogens with two attached hydrogens (primary N) is 1. The van der Waals surface area contributed by atoms with Crippen LogP contribution in [-0.4, -0.2) is 62.1 Å². The number of carbonyl (C=O) groups excluding carboxylic acids is 2. The number of hydrogen-bond acceptors (Lipinski definition) is 6. The number of primary amides is 1. The van der Waals surface area contributed by atoms with Crippen molar-refractivity contribution in [3.8, 4) is 11.5 Å². The molecule has 6 N–H and O–H groups in total. The van der Waals surface area contributed by atoms with Gasteiger partial charge in [0, 0.05) is 52.9 Å². The summed E-state index contributed by atoms with van der Waals surface area (Å²) in [5.41, 5.74) is 6.93. The zero-order valence-electron chi connectivity index (χ0n) is 25.5. The van der Waals surface area contributed by atoms with Gasteiger partial charge in [0.15, 0.2) is 0 Å². The fraction of sp³-hybridized carbons (Fsp3) is 0.531. The lowest BCUT2D eigenvalue weighted by molar-refractivity contribution is -0.121. The average Bonchev–Trinajstić information content (AvgIpc) is 3.43. The Balaban J connectivity index is 1.29. The van der Waals surface area contributed by atoms with Gasteiger partial charge in [-0.15, -0.1) is 0 Å². The number of methoxy groups -OCH3 is 2. The smallest absolute Gasteiger partial charge is 0.312 e. The van der Waals surface area contributed by atoms with E-state index in [9.17, 15) is 9.59 Å². The van der Waals surface area contributed by atoms with E-state index in [2.05, 4.69) is 38.5 Å². The zero-order chi connectivity index (χ0) is 31.2. The summed E-state index contributed by atoms with van der Waals surface area (Å²) in [6, 6.07) is 7.75. The largest absolute Gasteiger partial charge is 0.495 e. The average molecular weight is 724 g/mol. The third kappa shape index (κ3) is 10.8. The predicted molar refractivity (Wildman–Crippen MR) is 186 cm³/mol. The van der Waals surface area contributed by atoms with E-state index in [1.807, 2.05) is 49.0 Å². The maximum Gasteiger partial charge on any atom is 0.312 e. The van der Waals surface area contributed by atoms with E-state index in [4.69, 9.17) is 20.6 Å². The highest BCUT2D eigenvalue weighted by Gasteiger charge is 2.25. The Hall–Kier alpha value is -2.67. The molecule has 2 unspecified atom stereocenters. The van der Waals surface area contributed by atoms with Crippen LogP contribution in [0, 0.1) is 8.98 Å². The van der Waals surface area contributed by atoms with Gasteiger partial charge in [-0.2, -0.15) is 11.8 Å². The third-order valence-corrected chi connectivity index (χ3v) is 10.2. The molecule has 11 heteroatoms. The number of urea groups is 1. The molecule has 0 aromatic heterocycles. The molecule has 1 saturated heterocycles. The molecule has 0 radical (unpaired) electrons. The molecule has 2 aromatic carbocycles. The Morgan fingerprint density at radius 1 is 1.02 bits per heavy atom. The third-order valence-electron chi connectivity index (χ3n) is 7.59. The number of carbonyl (C=O) groups is 2. The quantitative estimate of drug-likeness (QED) is 0.0570. The van der Waals surface area contributed by atoms with Crippen molar-refractivity contribution < 1.29 is 19.1 Å². The molecule has 1 heterocycles. The molecule has 2 atom stereocenters. The van der Waals surface area contributed by atoms with Gasteiger partial charge in [0.25, 0.3) is 0 Å². The van der Waals surface area contributed by atoms with E-state index in [1.54, 1.807) is 14.2 Å². The van der Waals surface area contributed by atoms with Crippen LogP contribution in [0.3, 0.4) is 0 Å². The van der Waals surface area contributed by atoms with Crippen molar-refractivity contribution in [2.24, 2.45) is 5.73 Å². The summed E-state index contributed by atoms with van der Waals surface area (Å²) in [5.74, 6) is 3.02. The van der Waals surface area contributed by atoms with Crippen LogP contribution in [-0.2, 0) is 4.79 Å². The van der Waals surface area contributed by atoms with Crippen molar-refractivity contribution in [2.45, 2.75) is 76.0 Å². The Labute approximate surface area is 273 Å². The standard InChI is InChI=1S/C32H46IN5O4S/c1-21(18-26-28(33)30(42-3)25-14-8-7-13-24(25)29(26)41-2)31(34)37-17-11-5-4-10-16-36-27(39)15-9-6-12-23-19-22(20-43-23)38-32(35)40/h7-8,13-14,18,22-23H,4-6,9-12,15-17,19-20H2,1-3H3,(H2,34,37)(H,36,39)(H3,35,38,40)/b21-18+. The van der Waals surface area contributed by atoms with E-state index in [1.165, 1.54) is 0 Å². The minimum absolute atomic E-state index is 0.125. The molecule has 2 aromatic rings. The first-order valence-corrected chi connectivity index (χ1v) is 17.1. The minimum Gasteiger partial charge on any atom is -0.495 e. The summed E-state index contributed by atoms with van der Waals surface area (Å²) in [7, 11) is 3.35. The molecule has 0 spiro atoms. The topological polar surface area (TPSA) is 139 Å². The first-order chi connectivity index (χ1) is 20.7. The van der Waals surface area contributed by atoms with Gasteiger partial charge in [-0.3, -0.25) is 10.2 Å². The molecular formula is C32H46IN5O4S. The molecule has 1 aliphatic rings. The lowest BCUT2D eigenvalue weighted by Gasteiger charge is -2.17. The normalized spacial score (nSPS) is 16.6. The van der Waals surface area contributed by atoms with Crippen molar-refractivity contribution in [1.29, 1.82) is 5.41 Å². The summed E-state index contributed by atoms with van der Waals surface area (Å²) in [6.45, 7) is 3.37. The van der Waals surface area contributed by atoms with Crippen molar-refractivity contribution >= 4 is 69.0 Å². The van der Waals surface area contributed by atoms with Gasteiger partial charge in [-0.25, -0.2) is 4.79 Å². The van der Waals surface area contributed by atoms with Gasteiger partial charge >= 0.3 is 6.03 Å². The minimum atomic E-state index is -0.449. The van der Waals surface area contributed by atoms with E-state index in [0.29, 0.717) is 24.1 Å². The number of fused-ring (bicyclic) bond motifs is 1. The van der Waals surface area contributed by atoms with Gasteiger partial charge in [-0.05, 0) is 73.3 Å². The number of hydrogen-bond donors (Lipinski definition) is 5. The van der Waals surface area contributed by atoms with Crippen LogP contribution in [0.25, 0.3) is 16.8 Å². The highest BCUT2D eigenvalue weighted by Crippen LogP contribution is 2.42. The van der Waals surface area contributed by atoms with E-state index in [0.717, 1.165) is 101 Å². The Kier molecular flexibility index (Phi) is 14.7. The fourth-order valence-corrected chi connectivity index (χ4v) is 7.68. The van der Waals surface area contributed by atoms with Crippen LogP contribution in [0.2, 0.25) is 0 Å². The molecule has 3 rings (SSSR count). The van der Waals surface area contributed by atoms with Crippen LogP contribution in [0.4, 0.5) is 4.79 Å². The first-order valence-electron chi connectivity index (χ1n) is 15.0. The summed E-state index contributed by atoms with van der Waals surface area (Å²) < 4.78 is 12.5. The molecule has 0 aliphatic carbocycles. The van der Waals surface area contributed by atoms with E-state index >= 15 is 0 Å². The van der Waals surface area contributed by atoms with Gasteiger partial charge in [0.05, 0.1) is 17.8 Å². The van der Waals surface area contributed by atoms with Crippen LogP contribution in [0.5, 0.6) is 11.5 Å².